The average molecular weight is 334 g/mol. The van der Waals surface area contributed by atoms with Gasteiger partial charge in [-0.3, -0.25) is 0 Å². The van der Waals surface area contributed by atoms with Gasteiger partial charge in [-0.1, -0.05) is 18.5 Å². The molecule has 1 aliphatic heterocycles. The third-order valence-electron chi connectivity index (χ3n) is 3.42. The van der Waals surface area contributed by atoms with Crippen LogP contribution in [0.3, 0.4) is 0 Å². The molecule has 0 bridgehead atoms. The largest absolute Gasteiger partial charge is 0.478 e. The van der Waals surface area contributed by atoms with E-state index >= 15 is 0 Å². The second-order valence-electron chi connectivity index (χ2n) is 4.70. The van der Waals surface area contributed by atoms with Gasteiger partial charge >= 0.3 is 5.97 Å². The van der Waals surface area contributed by atoms with Crippen molar-refractivity contribution in [2.75, 3.05) is 19.8 Å². The second kappa shape index (κ2) is 6.31. The molecule has 0 aromatic heterocycles. The summed E-state index contributed by atoms with van der Waals surface area (Å²) in [6, 6.07) is 3.44. The molecule has 116 valence electrons. The maximum atomic E-state index is 12.7. The molecular weight excluding hydrogens is 318 g/mol. The quantitative estimate of drug-likeness (QED) is 0.908. The van der Waals surface area contributed by atoms with E-state index in [1.165, 1.54) is 22.5 Å². The summed E-state index contributed by atoms with van der Waals surface area (Å²) in [5.74, 6) is -1.19. The molecule has 1 atom stereocenters. The molecule has 1 N–H and O–H groups in total. The minimum atomic E-state index is -3.71. The van der Waals surface area contributed by atoms with E-state index in [2.05, 4.69) is 0 Å². The van der Waals surface area contributed by atoms with Gasteiger partial charge in [0, 0.05) is 12.6 Å². The van der Waals surface area contributed by atoms with Crippen molar-refractivity contribution in [1.29, 1.82) is 0 Å². The Labute approximate surface area is 128 Å². The highest BCUT2D eigenvalue weighted by Crippen LogP contribution is 2.26. The summed E-state index contributed by atoms with van der Waals surface area (Å²) in [7, 11) is -3.71. The highest BCUT2D eigenvalue weighted by atomic mass is 35.5. The van der Waals surface area contributed by atoms with Crippen LogP contribution in [0.15, 0.2) is 23.1 Å². The van der Waals surface area contributed by atoms with Crippen LogP contribution in [0, 0.1) is 0 Å². The van der Waals surface area contributed by atoms with Crippen molar-refractivity contribution in [3.63, 3.8) is 0 Å². The number of rotatable bonds is 4. The number of sulfonamides is 1. The van der Waals surface area contributed by atoms with E-state index in [1.54, 1.807) is 0 Å². The van der Waals surface area contributed by atoms with Crippen LogP contribution < -0.4 is 0 Å². The first-order valence-corrected chi connectivity index (χ1v) is 8.32. The number of benzene rings is 1. The molecule has 21 heavy (non-hydrogen) atoms. The standard InChI is InChI=1S/C13H16ClNO5S/c1-2-9-8-20-6-5-15(9)21(18,19)10-3-4-11(13(16)17)12(14)7-10/h3-4,7,9H,2,5-6,8H2,1H3,(H,16,17). The van der Waals surface area contributed by atoms with Crippen molar-refractivity contribution >= 4 is 27.6 Å². The fourth-order valence-electron chi connectivity index (χ4n) is 2.24. The SMILES string of the molecule is CCC1COCCN1S(=O)(=O)c1ccc(C(=O)O)c(Cl)c1. The smallest absolute Gasteiger partial charge is 0.337 e. The Morgan fingerprint density at radius 3 is 2.81 bits per heavy atom. The molecule has 0 aliphatic carbocycles. The van der Waals surface area contributed by atoms with Crippen LogP contribution in [0.4, 0.5) is 0 Å². The van der Waals surface area contributed by atoms with Gasteiger partial charge in [0.1, 0.15) is 0 Å². The Kier molecular flexibility index (Phi) is 4.88. The molecule has 0 radical (unpaired) electrons. The summed E-state index contributed by atoms with van der Waals surface area (Å²) >= 11 is 5.85. The lowest BCUT2D eigenvalue weighted by Crippen LogP contribution is -2.48. The minimum Gasteiger partial charge on any atom is -0.478 e. The molecule has 6 nitrogen and oxygen atoms in total. The number of carboxylic acid groups (broad SMARTS) is 1. The van der Waals surface area contributed by atoms with Crippen molar-refractivity contribution < 1.29 is 23.1 Å². The van der Waals surface area contributed by atoms with Gasteiger partial charge in [0.15, 0.2) is 0 Å². The van der Waals surface area contributed by atoms with Crippen LogP contribution in [-0.4, -0.2) is 49.6 Å². The Hall–Kier alpha value is -1.15. The number of aromatic carboxylic acids is 1. The first kappa shape index (κ1) is 16.2. The number of ether oxygens (including phenoxy) is 1. The summed E-state index contributed by atoms with van der Waals surface area (Å²) in [4.78, 5) is 10.9. The first-order chi connectivity index (χ1) is 9.87. The van der Waals surface area contributed by atoms with E-state index in [0.29, 0.717) is 19.6 Å². The Morgan fingerprint density at radius 1 is 1.52 bits per heavy atom. The number of hydrogen-bond acceptors (Lipinski definition) is 4. The number of halogens is 1. The Balaban J connectivity index is 2.39. The number of hydrogen-bond donors (Lipinski definition) is 1. The molecule has 1 fully saturated rings. The number of nitrogens with zero attached hydrogens (tertiary/aromatic N) is 1. The van der Waals surface area contributed by atoms with E-state index in [0.717, 1.165) is 0 Å². The molecule has 1 aromatic rings. The summed E-state index contributed by atoms with van der Waals surface area (Å²) in [6.45, 7) is 2.87. The average Bonchev–Trinajstić information content (AvgIpc) is 2.46. The molecule has 1 unspecified atom stereocenters. The number of morpholine rings is 1. The Morgan fingerprint density at radius 2 is 2.24 bits per heavy atom. The lowest BCUT2D eigenvalue weighted by Gasteiger charge is -2.34. The highest BCUT2D eigenvalue weighted by Gasteiger charge is 2.33. The zero-order valence-electron chi connectivity index (χ0n) is 11.5. The van der Waals surface area contributed by atoms with E-state index in [-0.39, 0.29) is 28.1 Å². The van der Waals surface area contributed by atoms with Gasteiger partial charge in [-0.25, -0.2) is 13.2 Å². The summed E-state index contributed by atoms with van der Waals surface area (Å²) in [5.41, 5.74) is -0.121. The molecule has 0 spiro atoms. The highest BCUT2D eigenvalue weighted by molar-refractivity contribution is 7.89. The lowest BCUT2D eigenvalue weighted by atomic mass is 10.2. The molecule has 1 saturated heterocycles. The van der Waals surface area contributed by atoms with Gasteiger partial charge in [-0.05, 0) is 24.6 Å². The van der Waals surface area contributed by atoms with Crippen molar-refractivity contribution in [3.8, 4) is 0 Å². The van der Waals surface area contributed by atoms with E-state index in [1.807, 2.05) is 6.92 Å². The van der Waals surface area contributed by atoms with Crippen molar-refractivity contribution in [2.45, 2.75) is 24.3 Å². The van der Waals surface area contributed by atoms with Crippen molar-refractivity contribution in [3.05, 3.63) is 28.8 Å². The van der Waals surface area contributed by atoms with Crippen molar-refractivity contribution in [1.82, 2.24) is 4.31 Å². The van der Waals surface area contributed by atoms with Crippen LogP contribution >= 0.6 is 11.6 Å². The van der Waals surface area contributed by atoms with Gasteiger partial charge in [0.05, 0.1) is 28.7 Å². The molecule has 0 amide bonds. The van der Waals surface area contributed by atoms with Gasteiger partial charge in [0.25, 0.3) is 0 Å². The van der Waals surface area contributed by atoms with Gasteiger partial charge in [0.2, 0.25) is 10.0 Å². The predicted octanol–water partition coefficient (Wildman–Crippen LogP) is 1.84. The maximum Gasteiger partial charge on any atom is 0.337 e. The third-order valence-corrected chi connectivity index (χ3v) is 5.68. The molecule has 8 heteroatoms. The number of carboxylic acids is 1. The van der Waals surface area contributed by atoms with Crippen LogP contribution in [0.1, 0.15) is 23.7 Å². The van der Waals surface area contributed by atoms with E-state index in [4.69, 9.17) is 21.4 Å². The zero-order valence-corrected chi connectivity index (χ0v) is 13.0. The summed E-state index contributed by atoms with van der Waals surface area (Å²) in [6.07, 6.45) is 0.639. The van der Waals surface area contributed by atoms with Gasteiger partial charge < -0.3 is 9.84 Å². The van der Waals surface area contributed by atoms with Crippen LogP contribution in [-0.2, 0) is 14.8 Å². The van der Waals surface area contributed by atoms with Crippen molar-refractivity contribution in [2.24, 2.45) is 0 Å². The fraction of sp³-hybridized carbons (Fsp3) is 0.462. The van der Waals surface area contributed by atoms with Gasteiger partial charge in [-0.15, -0.1) is 0 Å². The topological polar surface area (TPSA) is 83.9 Å². The monoisotopic (exact) mass is 333 g/mol. The fourth-order valence-corrected chi connectivity index (χ4v) is 4.26. The van der Waals surface area contributed by atoms with E-state index in [9.17, 15) is 13.2 Å². The Bertz CT molecular complexity index is 646. The van der Waals surface area contributed by atoms with E-state index < -0.39 is 16.0 Å². The van der Waals surface area contributed by atoms with Crippen LogP contribution in [0.25, 0.3) is 0 Å². The predicted molar refractivity (Wildman–Crippen MR) is 77.2 cm³/mol. The third kappa shape index (κ3) is 3.21. The molecule has 2 rings (SSSR count). The lowest BCUT2D eigenvalue weighted by molar-refractivity contribution is 0.0314. The minimum absolute atomic E-state index is 0.00199. The second-order valence-corrected chi connectivity index (χ2v) is 7.00. The maximum absolute atomic E-state index is 12.7. The van der Waals surface area contributed by atoms with Crippen LogP contribution in [0.5, 0.6) is 0 Å². The molecular formula is C13H16ClNO5S. The normalized spacial score (nSPS) is 20.4. The first-order valence-electron chi connectivity index (χ1n) is 6.50. The summed E-state index contributed by atoms with van der Waals surface area (Å²) < 4.78 is 32.0. The van der Waals surface area contributed by atoms with Crippen LogP contribution in [0.2, 0.25) is 5.02 Å². The van der Waals surface area contributed by atoms with Gasteiger partial charge in [-0.2, -0.15) is 4.31 Å². The molecule has 0 saturated carbocycles. The molecule has 1 aromatic carbocycles. The zero-order chi connectivity index (χ0) is 15.6. The molecule has 1 aliphatic rings. The number of carbonyl (C=O) groups is 1. The summed E-state index contributed by atoms with van der Waals surface area (Å²) in [5, 5.41) is 8.83. The molecule has 1 heterocycles.